The Morgan fingerprint density at radius 1 is 1.43 bits per heavy atom. The van der Waals surface area contributed by atoms with Crippen molar-refractivity contribution in [3.8, 4) is 0 Å². The van der Waals surface area contributed by atoms with E-state index in [0.29, 0.717) is 18.5 Å². The molecule has 0 rings (SSSR count). The Morgan fingerprint density at radius 3 is 2.21 bits per heavy atom. The van der Waals surface area contributed by atoms with Crippen molar-refractivity contribution in [2.45, 2.75) is 32.9 Å². The normalized spacial score (nSPS) is 15.9. The van der Waals surface area contributed by atoms with Gasteiger partial charge < -0.3 is 15.3 Å². The van der Waals surface area contributed by atoms with Crippen LogP contribution in [0.4, 0.5) is 0 Å². The molecule has 0 aliphatic rings. The van der Waals surface area contributed by atoms with Gasteiger partial charge in [0.25, 0.3) is 0 Å². The standard InChI is InChI=1S/C10H22N2O2/c1-7(2)8(3)12(5)6-9(11-4)10(13)14/h7-9,11H,6H2,1-5H3,(H,13,14). The van der Waals surface area contributed by atoms with Gasteiger partial charge in [0.15, 0.2) is 0 Å². The summed E-state index contributed by atoms with van der Waals surface area (Å²) in [6.07, 6.45) is 0. The van der Waals surface area contributed by atoms with E-state index in [9.17, 15) is 4.79 Å². The van der Waals surface area contributed by atoms with Crippen LogP contribution < -0.4 is 5.32 Å². The van der Waals surface area contributed by atoms with Crippen LogP contribution in [0, 0.1) is 5.92 Å². The highest BCUT2D eigenvalue weighted by Crippen LogP contribution is 2.08. The van der Waals surface area contributed by atoms with E-state index in [1.807, 2.05) is 7.05 Å². The number of carboxylic acid groups (broad SMARTS) is 1. The minimum absolute atomic E-state index is 0.394. The van der Waals surface area contributed by atoms with E-state index >= 15 is 0 Å². The lowest BCUT2D eigenvalue weighted by molar-refractivity contribution is -0.139. The largest absolute Gasteiger partial charge is 0.480 e. The highest BCUT2D eigenvalue weighted by atomic mass is 16.4. The SMILES string of the molecule is CNC(CN(C)C(C)C(C)C)C(=O)O. The first kappa shape index (κ1) is 13.4. The molecule has 0 heterocycles. The quantitative estimate of drug-likeness (QED) is 0.663. The highest BCUT2D eigenvalue weighted by molar-refractivity contribution is 5.73. The van der Waals surface area contributed by atoms with Crippen LogP contribution in [0.15, 0.2) is 0 Å². The second-order valence-corrected chi connectivity index (χ2v) is 4.10. The van der Waals surface area contributed by atoms with Crippen LogP contribution in [0.25, 0.3) is 0 Å². The molecular weight excluding hydrogens is 180 g/mol. The second-order valence-electron chi connectivity index (χ2n) is 4.10. The van der Waals surface area contributed by atoms with E-state index in [-0.39, 0.29) is 0 Å². The van der Waals surface area contributed by atoms with Crippen LogP contribution in [-0.4, -0.2) is 48.7 Å². The topological polar surface area (TPSA) is 52.6 Å². The number of hydrogen-bond donors (Lipinski definition) is 2. The van der Waals surface area contributed by atoms with E-state index in [0.717, 1.165) is 0 Å². The van der Waals surface area contributed by atoms with Gasteiger partial charge in [0.2, 0.25) is 0 Å². The third-order valence-corrected chi connectivity index (χ3v) is 2.78. The molecule has 0 bridgehead atoms. The average molecular weight is 202 g/mol. The third-order valence-electron chi connectivity index (χ3n) is 2.78. The Morgan fingerprint density at radius 2 is 1.93 bits per heavy atom. The molecule has 2 N–H and O–H groups in total. The molecule has 0 saturated heterocycles. The van der Waals surface area contributed by atoms with Gasteiger partial charge in [-0.1, -0.05) is 13.8 Å². The summed E-state index contributed by atoms with van der Waals surface area (Å²) in [5.74, 6) is -0.262. The Kier molecular flexibility index (Phi) is 5.72. The number of carbonyl (C=O) groups is 1. The summed E-state index contributed by atoms with van der Waals surface area (Å²) >= 11 is 0. The monoisotopic (exact) mass is 202 g/mol. The first-order chi connectivity index (χ1) is 6.40. The van der Waals surface area contributed by atoms with E-state index in [4.69, 9.17) is 5.11 Å². The summed E-state index contributed by atoms with van der Waals surface area (Å²) in [6.45, 7) is 6.91. The Bertz CT molecular complexity index is 183. The van der Waals surface area contributed by atoms with Crippen molar-refractivity contribution >= 4 is 5.97 Å². The summed E-state index contributed by atoms with van der Waals surface area (Å²) in [6, 6.07) is -0.0913. The smallest absolute Gasteiger partial charge is 0.322 e. The zero-order valence-corrected chi connectivity index (χ0v) is 9.74. The predicted molar refractivity (Wildman–Crippen MR) is 57.4 cm³/mol. The lowest BCUT2D eigenvalue weighted by Crippen LogP contribution is -2.47. The molecular formula is C10H22N2O2. The molecule has 0 aromatic carbocycles. The van der Waals surface area contributed by atoms with Crippen molar-refractivity contribution in [3.05, 3.63) is 0 Å². The molecule has 2 unspecified atom stereocenters. The fourth-order valence-corrected chi connectivity index (χ4v) is 1.26. The van der Waals surface area contributed by atoms with Crippen LogP contribution in [0.2, 0.25) is 0 Å². The number of hydrogen-bond acceptors (Lipinski definition) is 3. The van der Waals surface area contributed by atoms with E-state index in [1.165, 1.54) is 0 Å². The molecule has 0 spiro atoms. The highest BCUT2D eigenvalue weighted by Gasteiger charge is 2.21. The Labute approximate surface area is 86.3 Å². The van der Waals surface area contributed by atoms with E-state index < -0.39 is 12.0 Å². The number of rotatable bonds is 6. The van der Waals surface area contributed by atoms with Gasteiger partial charge in [0.05, 0.1) is 0 Å². The summed E-state index contributed by atoms with van der Waals surface area (Å²) < 4.78 is 0. The van der Waals surface area contributed by atoms with Gasteiger partial charge in [0, 0.05) is 12.6 Å². The maximum atomic E-state index is 10.8. The lowest BCUT2D eigenvalue weighted by atomic mass is 10.0. The zero-order chi connectivity index (χ0) is 11.3. The van der Waals surface area contributed by atoms with Crippen LogP contribution in [-0.2, 0) is 4.79 Å². The van der Waals surface area contributed by atoms with Gasteiger partial charge >= 0.3 is 5.97 Å². The molecule has 0 aromatic rings. The van der Waals surface area contributed by atoms with Gasteiger partial charge in [-0.15, -0.1) is 0 Å². The van der Waals surface area contributed by atoms with Crippen molar-refractivity contribution in [1.29, 1.82) is 0 Å². The van der Waals surface area contributed by atoms with Crippen molar-refractivity contribution < 1.29 is 9.90 Å². The van der Waals surface area contributed by atoms with Crippen LogP contribution >= 0.6 is 0 Å². The van der Waals surface area contributed by atoms with Gasteiger partial charge in [-0.3, -0.25) is 4.79 Å². The van der Waals surface area contributed by atoms with Gasteiger partial charge in [-0.05, 0) is 26.9 Å². The van der Waals surface area contributed by atoms with Crippen molar-refractivity contribution in [2.75, 3.05) is 20.6 Å². The van der Waals surface area contributed by atoms with E-state index in [1.54, 1.807) is 7.05 Å². The number of nitrogens with zero attached hydrogens (tertiary/aromatic N) is 1. The fraction of sp³-hybridized carbons (Fsp3) is 0.900. The molecule has 14 heavy (non-hydrogen) atoms. The maximum absolute atomic E-state index is 10.8. The zero-order valence-electron chi connectivity index (χ0n) is 9.74. The number of aliphatic carboxylic acids is 1. The summed E-state index contributed by atoms with van der Waals surface area (Å²) in [7, 11) is 3.63. The van der Waals surface area contributed by atoms with Crippen LogP contribution in [0.1, 0.15) is 20.8 Å². The van der Waals surface area contributed by atoms with Crippen LogP contribution in [0.5, 0.6) is 0 Å². The first-order valence-electron chi connectivity index (χ1n) is 5.00. The molecule has 0 amide bonds. The minimum Gasteiger partial charge on any atom is -0.480 e. The molecule has 0 aliphatic carbocycles. The molecule has 4 nitrogen and oxygen atoms in total. The first-order valence-corrected chi connectivity index (χ1v) is 5.00. The molecule has 2 atom stereocenters. The molecule has 0 saturated carbocycles. The number of likely N-dealkylation sites (N-methyl/N-ethyl adjacent to an activating group) is 2. The minimum atomic E-state index is -0.796. The third kappa shape index (κ3) is 4.07. The Balaban J connectivity index is 4.14. The second kappa shape index (κ2) is 5.98. The summed E-state index contributed by atoms with van der Waals surface area (Å²) in [5.41, 5.74) is 0. The summed E-state index contributed by atoms with van der Waals surface area (Å²) in [4.78, 5) is 12.8. The molecule has 0 aromatic heterocycles. The van der Waals surface area contributed by atoms with Crippen molar-refractivity contribution in [1.82, 2.24) is 10.2 Å². The van der Waals surface area contributed by atoms with E-state index in [2.05, 4.69) is 31.0 Å². The molecule has 0 radical (unpaired) electrons. The average Bonchev–Trinajstić information content (AvgIpc) is 2.11. The maximum Gasteiger partial charge on any atom is 0.322 e. The summed E-state index contributed by atoms with van der Waals surface area (Å²) in [5, 5.41) is 11.6. The predicted octanol–water partition coefficient (Wildman–Crippen LogP) is 0.635. The van der Waals surface area contributed by atoms with Gasteiger partial charge in [0.1, 0.15) is 6.04 Å². The Hall–Kier alpha value is -0.610. The molecule has 0 aliphatic heterocycles. The van der Waals surface area contributed by atoms with Gasteiger partial charge in [-0.2, -0.15) is 0 Å². The fourth-order valence-electron chi connectivity index (χ4n) is 1.26. The molecule has 84 valence electrons. The lowest BCUT2D eigenvalue weighted by Gasteiger charge is -2.29. The molecule has 0 fully saturated rings. The van der Waals surface area contributed by atoms with Crippen LogP contribution in [0.3, 0.4) is 0 Å². The number of carboxylic acids is 1. The van der Waals surface area contributed by atoms with Crippen molar-refractivity contribution in [3.63, 3.8) is 0 Å². The number of nitrogens with one attached hydrogen (secondary N) is 1. The van der Waals surface area contributed by atoms with Gasteiger partial charge in [-0.25, -0.2) is 0 Å². The molecule has 4 heteroatoms. The van der Waals surface area contributed by atoms with Crippen molar-refractivity contribution in [2.24, 2.45) is 5.92 Å².